The van der Waals surface area contributed by atoms with Gasteiger partial charge in [-0.15, -0.1) is 0 Å². The van der Waals surface area contributed by atoms with E-state index in [1.54, 1.807) is 0 Å². The average molecular weight is 468 g/mol. The molecule has 1 amide bonds. The predicted octanol–water partition coefficient (Wildman–Crippen LogP) is 6.38. The van der Waals surface area contributed by atoms with E-state index in [1.807, 2.05) is 4.90 Å². The number of hydrogen-bond acceptors (Lipinski definition) is 3. The lowest BCUT2D eigenvalue weighted by atomic mass is 9.76. The summed E-state index contributed by atoms with van der Waals surface area (Å²) in [4.78, 5) is 15.3. The summed E-state index contributed by atoms with van der Waals surface area (Å²) in [6, 6.07) is 21.1. The number of carbonyl (C=O) groups excluding carboxylic acids is 1. The molecule has 0 saturated carbocycles. The minimum atomic E-state index is -0.895. The van der Waals surface area contributed by atoms with Gasteiger partial charge in [-0.2, -0.15) is 0 Å². The Bertz CT molecular complexity index is 1230. The molecule has 0 aromatic heterocycles. The number of carbonyl (C=O) groups is 1. The average Bonchev–Trinajstić information content (AvgIpc) is 3.29. The Labute approximate surface area is 207 Å². The molecule has 1 N–H and O–H groups in total. The van der Waals surface area contributed by atoms with Crippen molar-refractivity contribution >= 4 is 6.09 Å². The smallest absolute Gasteiger partial charge is 0.410 e. The Morgan fingerprint density at radius 2 is 1.43 bits per heavy atom. The van der Waals surface area contributed by atoms with Crippen LogP contribution in [-0.2, 0) is 10.3 Å². The molecule has 2 saturated heterocycles. The van der Waals surface area contributed by atoms with Crippen molar-refractivity contribution in [3.8, 4) is 11.1 Å². The summed E-state index contributed by atoms with van der Waals surface area (Å²) < 4.78 is 6.00. The number of nitrogens with zero attached hydrogens (tertiary/aromatic N) is 1. The van der Waals surface area contributed by atoms with Crippen LogP contribution in [0.25, 0.3) is 11.1 Å². The van der Waals surface area contributed by atoms with E-state index in [0.29, 0.717) is 19.4 Å². The number of piperidine rings is 1. The molecule has 2 aliphatic heterocycles. The maximum absolute atomic E-state index is 13.4. The number of aliphatic hydroxyl groups is 1. The molecule has 0 radical (unpaired) electrons. The molecule has 2 unspecified atom stereocenters. The molecular formula is C31H33NO3. The molecule has 6 rings (SSSR count). The molecule has 0 spiro atoms. The van der Waals surface area contributed by atoms with Crippen LogP contribution in [0.5, 0.6) is 0 Å². The van der Waals surface area contributed by atoms with E-state index in [-0.39, 0.29) is 24.1 Å². The van der Waals surface area contributed by atoms with Crippen LogP contribution in [0.4, 0.5) is 4.79 Å². The first-order valence-electron chi connectivity index (χ1n) is 12.8. The van der Waals surface area contributed by atoms with E-state index in [9.17, 15) is 9.90 Å². The Hall–Kier alpha value is -3.11. The Kier molecular flexibility index (Phi) is 5.26. The summed E-state index contributed by atoms with van der Waals surface area (Å²) in [6.45, 7) is 6.61. The topological polar surface area (TPSA) is 49.8 Å². The fraction of sp³-hybridized carbons (Fsp3) is 0.387. The Morgan fingerprint density at radius 1 is 0.914 bits per heavy atom. The second-order valence-corrected chi connectivity index (χ2v) is 10.8. The van der Waals surface area contributed by atoms with Gasteiger partial charge in [-0.05, 0) is 72.6 Å². The van der Waals surface area contributed by atoms with Crippen LogP contribution in [0.1, 0.15) is 65.0 Å². The molecule has 180 valence electrons. The summed E-state index contributed by atoms with van der Waals surface area (Å²) in [5, 5.41) is 11.8. The van der Waals surface area contributed by atoms with Crippen LogP contribution in [0.15, 0.2) is 60.7 Å². The molecule has 3 aromatic rings. The van der Waals surface area contributed by atoms with Crippen LogP contribution in [0.2, 0.25) is 0 Å². The van der Waals surface area contributed by atoms with Gasteiger partial charge in [0.05, 0.1) is 5.60 Å². The van der Waals surface area contributed by atoms with E-state index in [2.05, 4.69) is 81.4 Å². The maximum Gasteiger partial charge on any atom is 0.410 e. The van der Waals surface area contributed by atoms with E-state index in [1.165, 1.54) is 27.8 Å². The second-order valence-electron chi connectivity index (χ2n) is 10.8. The number of hydrogen-bond donors (Lipinski definition) is 1. The SMILES string of the molecule is Cc1cc(C)c(C2(O)CC3CCC(C2)N3C(=O)OCC2c3ccccc3-c3ccccc32)c(C)c1. The molecule has 2 atom stereocenters. The van der Waals surface area contributed by atoms with Crippen LogP contribution in [0, 0.1) is 20.8 Å². The third kappa shape index (κ3) is 3.58. The van der Waals surface area contributed by atoms with Gasteiger partial charge in [0, 0.05) is 30.8 Å². The fourth-order valence-corrected chi connectivity index (χ4v) is 7.31. The highest BCUT2D eigenvalue weighted by molar-refractivity contribution is 5.79. The van der Waals surface area contributed by atoms with Crippen molar-refractivity contribution < 1.29 is 14.6 Å². The summed E-state index contributed by atoms with van der Waals surface area (Å²) >= 11 is 0. The summed E-state index contributed by atoms with van der Waals surface area (Å²) in [5.41, 5.74) is 8.56. The van der Waals surface area contributed by atoms with Crippen LogP contribution >= 0.6 is 0 Å². The van der Waals surface area contributed by atoms with Crippen LogP contribution in [-0.4, -0.2) is 34.8 Å². The van der Waals surface area contributed by atoms with Gasteiger partial charge in [-0.1, -0.05) is 66.2 Å². The van der Waals surface area contributed by atoms with Gasteiger partial charge in [0.1, 0.15) is 6.61 Å². The zero-order chi connectivity index (χ0) is 24.3. The van der Waals surface area contributed by atoms with Crippen molar-refractivity contribution in [2.45, 2.75) is 70.1 Å². The third-order valence-electron chi connectivity index (χ3n) is 8.46. The molecular weight excluding hydrogens is 434 g/mol. The minimum absolute atomic E-state index is 0.00880. The molecule has 35 heavy (non-hydrogen) atoms. The summed E-state index contributed by atoms with van der Waals surface area (Å²) in [6.07, 6.45) is 2.73. The van der Waals surface area contributed by atoms with E-state index in [4.69, 9.17) is 4.74 Å². The van der Waals surface area contributed by atoms with Gasteiger partial charge in [0.2, 0.25) is 0 Å². The number of aryl methyl sites for hydroxylation is 3. The van der Waals surface area contributed by atoms with Gasteiger partial charge in [-0.25, -0.2) is 4.79 Å². The molecule has 2 heterocycles. The van der Waals surface area contributed by atoms with Gasteiger partial charge >= 0.3 is 6.09 Å². The molecule has 4 heteroatoms. The molecule has 2 fully saturated rings. The van der Waals surface area contributed by atoms with Gasteiger partial charge in [0.15, 0.2) is 0 Å². The number of amides is 1. The molecule has 3 aliphatic rings. The standard InChI is InChI=1S/C31H33NO3/c1-19-14-20(2)29(21(3)15-19)31(34)16-22-12-13-23(17-31)32(22)30(33)35-18-28-26-10-6-4-8-24(26)25-9-5-7-11-27(25)28/h4-11,14-15,22-23,28,34H,12-13,16-18H2,1-3H3. The Balaban J connectivity index is 1.20. The van der Waals surface area contributed by atoms with Crippen LogP contribution < -0.4 is 0 Å². The highest BCUT2D eigenvalue weighted by atomic mass is 16.6. The molecule has 3 aromatic carbocycles. The quantitative estimate of drug-likeness (QED) is 0.487. The first kappa shape index (κ1) is 22.4. The number of ether oxygens (including phenoxy) is 1. The van der Waals surface area contributed by atoms with Gasteiger partial charge in [0.25, 0.3) is 0 Å². The van der Waals surface area contributed by atoms with Gasteiger partial charge < -0.3 is 14.7 Å². The zero-order valence-electron chi connectivity index (χ0n) is 20.8. The number of benzene rings is 3. The maximum atomic E-state index is 13.4. The van der Waals surface area contributed by atoms with Crippen LogP contribution in [0.3, 0.4) is 0 Å². The summed E-state index contributed by atoms with van der Waals surface area (Å²) in [5.74, 6) is 0.0589. The van der Waals surface area contributed by atoms with Gasteiger partial charge in [-0.3, -0.25) is 0 Å². The third-order valence-corrected chi connectivity index (χ3v) is 8.46. The van der Waals surface area contributed by atoms with E-state index >= 15 is 0 Å². The molecule has 4 nitrogen and oxygen atoms in total. The van der Waals surface area contributed by atoms with Crippen molar-refractivity contribution in [1.82, 2.24) is 4.90 Å². The monoisotopic (exact) mass is 467 g/mol. The lowest BCUT2D eigenvalue weighted by molar-refractivity contribution is -0.0538. The van der Waals surface area contributed by atoms with Crippen molar-refractivity contribution in [3.63, 3.8) is 0 Å². The van der Waals surface area contributed by atoms with E-state index in [0.717, 1.165) is 29.5 Å². The first-order valence-corrected chi connectivity index (χ1v) is 12.8. The number of fused-ring (bicyclic) bond motifs is 5. The highest BCUT2D eigenvalue weighted by Gasteiger charge is 2.51. The minimum Gasteiger partial charge on any atom is -0.448 e. The van der Waals surface area contributed by atoms with Crippen molar-refractivity contribution in [2.75, 3.05) is 6.61 Å². The largest absolute Gasteiger partial charge is 0.448 e. The van der Waals surface area contributed by atoms with Crippen molar-refractivity contribution in [1.29, 1.82) is 0 Å². The second kappa shape index (κ2) is 8.23. The van der Waals surface area contributed by atoms with Crippen molar-refractivity contribution in [3.05, 3.63) is 94.0 Å². The lowest BCUT2D eigenvalue weighted by Crippen LogP contribution is -2.52. The fourth-order valence-electron chi connectivity index (χ4n) is 7.31. The summed E-state index contributed by atoms with van der Waals surface area (Å²) in [7, 11) is 0. The first-order chi connectivity index (χ1) is 16.9. The normalized spacial score (nSPS) is 24.9. The van der Waals surface area contributed by atoms with E-state index < -0.39 is 5.60 Å². The molecule has 2 bridgehead atoms. The van der Waals surface area contributed by atoms with Crippen molar-refractivity contribution in [2.24, 2.45) is 0 Å². The predicted molar refractivity (Wildman–Crippen MR) is 138 cm³/mol. The zero-order valence-corrected chi connectivity index (χ0v) is 20.8. The highest BCUT2D eigenvalue weighted by Crippen LogP contribution is 2.48. The Morgan fingerprint density at radius 3 is 1.97 bits per heavy atom. The lowest BCUT2D eigenvalue weighted by Gasteiger charge is -2.44. The number of rotatable bonds is 3. The molecule has 1 aliphatic carbocycles.